The van der Waals surface area contributed by atoms with Gasteiger partial charge in [-0.3, -0.25) is 0 Å². The largest absolute Gasteiger partial charge is 0.0588 e. The van der Waals surface area contributed by atoms with E-state index in [0.717, 1.165) is 15.6 Å². The van der Waals surface area contributed by atoms with Crippen molar-refractivity contribution in [1.82, 2.24) is 0 Å². The number of hydrogen-bond donors (Lipinski definition) is 0. The Labute approximate surface area is 86.0 Å². The van der Waals surface area contributed by atoms with Crippen molar-refractivity contribution in [2.75, 3.05) is 0 Å². The van der Waals surface area contributed by atoms with Gasteiger partial charge in [-0.15, -0.1) is 0 Å². The second-order valence-electron chi connectivity index (χ2n) is 3.74. The van der Waals surface area contributed by atoms with Gasteiger partial charge >= 0.3 is 0 Å². The van der Waals surface area contributed by atoms with Gasteiger partial charge in [0.1, 0.15) is 0 Å². The van der Waals surface area contributed by atoms with Gasteiger partial charge in [-0.05, 0) is 34.7 Å². The molecule has 0 spiro atoms. The number of rotatable bonds is 2. The van der Waals surface area contributed by atoms with Gasteiger partial charge in [0, 0.05) is 19.8 Å². The van der Waals surface area contributed by atoms with Crippen LogP contribution in [0.5, 0.6) is 0 Å². The molecule has 1 atom stereocenters. The van der Waals surface area contributed by atoms with Gasteiger partial charge in [0.2, 0.25) is 0 Å². The van der Waals surface area contributed by atoms with Crippen molar-refractivity contribution in [3.63, 3.8) is 0 Å². The number of benzene rings is 1. The van der Waals surface area contributed by atoms with E-state index in [1.807, 2.05) is 0 Å². The quantitative estimate of drug-likeness (QED) is 0.643. The fourth-order valence-corrected chi connectivity index (χ4v) is 3.31. The summed E-state index contributed by atoms with van der Waals surface area (Å²) >= 11 is 0. The van der Waals surface area contributed by atoms with Crippen LogP contribution in [-0.2, 0) is 12.1 Å². The van der Waals surface area contributed by atoms with Gasteiger partial charge in [0.15, 0.2) is 0 Å². The molecule has 0 saturated carbocycles. The minimum absolute atomic E-state index is 0.644. The molecule has 1 aromatic rings. The van der Waals surface area contributed by atoms with Gasteiger partial charge in [-0.25, -0.2) is 0 Å². The van der Waals surface area contributed by atoms with Crippen LogP contribution in [0, 0.1) is 0 Å². The molecule has 1 unspecified atom stereocenters. The first-order chi connectivity index (χ1) is 6.31. The molecule has 0 N–H and O–H groups in total. The standard InChI is InChI=1S/C11H13Si2/c1-8(5-12)9-2-3-10-6-13-7-11(10)4-9/h2-4,8H,5-7H2,1H3. The molecule has 1 heterocycles. The minimum Gasteiger partial charge on any atom is -0.0588 e. The lowest BCUT2D eigenvalue weighted by Crippen LogP contribution is -1.94. The van der Waals surface area contributed by atoms with Crippen molar-refractivity contribution >= 4 is 19.8 Å². The van der Waals surface area contributed by atoms with Crippen LogP contribution < -0.4 is 0 Å². The van der Waals surface area contributed by atoms with E-state index in [2.05, 4.69) is 35.4 Å². The minimum atomic E-state index is 0.644. The van der Waals surface area contributed by atoms with Crippen molar-refractivity contribution in [1.29, 1.82) is 0 Å². The molecule has 0 saturated heterocycles. The number of fused-ring (bicyclic) bond motifs is 1. The van der Waals surface area contributed by atoms with E-state index in [1.165, 1.54) is 17.7 Å². The first-order valence-electron chi connectivity index (χ1n) is 4.78. The summed E-state index contributed by atoms with van der Waals surface area (Å²) in [5.74, 6) is 0.644. The highest BCUT2D eigenvalue weighted by Gasteiger charge is 2.12. The van der Waals surface area contributed by atoms with E-state index in [1.54, 1.807) is 11.1 Å². The Balaban J connectivity index is 2.30. The molecule has 2 rings (SSSR count). The fraction of sp³-hybridized carbons (Fsp3) is 0.455. The van der Waals surface area contributed by atoms with Gasteiger partial charge < -0.3 is 0 Å². The first-order valence-corrected chi connectivity index (χ1v) is 6.90. The lowest BCUT2D eigenvalue weighted by atomic mass is 9.98. The summed E-state index contributed by atoms with van der Waals surface area (Å²) in [5.41, 5.74) is 4.67. The molecule has 1 aliphatic heterocycles. The SMILES string of the molecule is CC(C[Si])c1ccc2c(c1)C[Si]C2. The van der Waals surface area contributed by atoms with Crippen LogP contribution in [0.2, 0.25) is 6.04 Å². The molecule has 1 aliphatic rings. The summed E-state index contributed by atoms with van der Waals surface area (Å²) in [6, 6.07) is 10.7. The molecule has 1 aromatic carbocycles. The van der Waals surface area contributed by atoms with Gasteiger partial charge in [0.25, 0.3) is 0 Å². The summed E-state index contributed by atoms with van der Waals surface area (Å²) in [7, 11) is 4.71. The molecule has 0 aliphatic carbocycles. The Bertz CT molecular complexity index is 307. The summed E-state index contributed by atoms with van der Waals surface area (Å²) < 4.78 is 0. The van der Waals surface area contributed by atoms with E-state index >= 15 is 0 Å². The lowest BCUT2D eigenvalue weighted by molar-refractivity contribution is 0.861. The van der Waals surface area contributed by atoms with E-state index in [0.29, 0.717) is 5.92 Å². The Morgan fingerprint density at radius 2 is 2.15 bits per heavy atom. The third-order valence-corrected chi connectivity index (χ3v) is 4.61. The summed E-state index contributed by atoms with van der Waals surface area (Å²) in [6.45, 7) is 2.27. The highest BCUT2D eigenvalue weighted by Crippen LogP contribution is 2.24. The molecule has 2 heteroatoms. The third-order valence-electron chi connectivity index (χ3n) is 2.74. The molecular formula is C11H13Si2. The Kier molecular flexibility index (Phi) is 2.70. The maximum Gasteiger partial charge on any atom is 0.0478 e. The van der Waals surface area contributed by atoms with Crippen LogP contribution >= 0.6 is 0 Å². The Morgan fingerprint density at radius 1 is 1.38 bits per heavy atom. The summed E-state index contributed by atoms with van der Waals surface area (Å²) in [4.78, 5) is 0. The highest BCUT2D eigenvalue weighted by molar-refractivity contribution is 6.36. The van der Waals surface area contributed by atoms with Gasteiger partial charge in [-0.1, -0.05) is 31.2 Å². The summed E-state index contributed by atoms with van der Waals surface area (Å²) in [6.07, 6.45) is 0. The predicted molar refractivity (Wildman–Crippen MR) is 58.6 cm³/mol. The second-order valence-corrected chi connectivity index (χ2v) is 5.35. The smallest absolute Gasteiger partial charge is 0.0478 e. The lowest BCUT2D eigenvalue weighted by Gasteiger charge is -2.10. The van der Waals surface area contributed by atoms with Crippen molar-refractivity contribution in [2.24, 2.45) is 0 Å². The normalized spacial score (nSPS) is 17.1. The van der Waals surface area contributed by atoms with E-state index in [9.17, 15) is 0 Å². The van der Waals surface area contributed by atoms with Crippen LogP contribution in [0.4, 0.5) is 0 Å². The molecule has 0 amide bonds. The molecule has 5 radical (unpaired) electrons. The Hall–Kier alpha value is -0.346. The van der Waals surface area contributed by atoms with Crippen molar-refractivity contribution < 1.29 is 0 Å². The zero-order chi connectivity index (χ0) is 9.26. The average Bonchev–Trinajstić information content (AvgIpc) is 2.63. The van der Waals surface area contributed by atoms with Crippen LogP contribution in [0.3, 0.4) is 0 Å². The highest BCUT2D eigenvalue weighted by atomic mass is 28.2. The van der Waals surface area contributed by atoms with Crippen molar-refractivity contribution in [3.8, 4) is 0 Å². The van der Waals surface area contributed by atoms with Crippen LogP contribution in [0.25, 0.3) is 0 Å². The maximum atomic E-state index is 3.58. The van der Waals surface area contributed by atoms with E-state index in [-0.39, 0.29) is 0 Å². The summed E-state index contributed by atoms with van der Waals surface area (Å²) in [5, 5.41) is 0. The topological polar surface area (TPSA) is 0 Å². The molecule has 0 nitrogen and oxygen atoms in total. The van der Waals surface area contributed by atoms with Crippen LogP contribution in [0.1, 0.15) is 29.5 Å². The average molecular weight is 201 g/mol. The number of hydrogen-bond acceptors (Lipinski definition) is 0. The van der Waals surface area contributed by atoms with Gasteiger partial charge in [0.05, 0.1) is 0 Å². The van der Waals surface area contributed by atoms with Crippen molar-refractivity contribution in [2.45, 2.75) is 31.0 Å². The first kappa shape index (κ1) is 9.22. The van der Waals surface area contributed by atoms with Crippen LogP contribution in [0.15, 0.2) is 18.2 Å². The molecule has 13 heavy (non-hydrogen) atoms. The van der Waals surface area contributed by atoms with E-state index in [4.69, 9.17) is 0 Å². The van der Waals surface area contributed by atoms with Gasteiger partial charge in [-0.2, -0.15) is 0 Å². The monoisotopic (exact) mass is 201 g/mol. The third kappa shape index (κ3) is 1.79. The second kappa shape index (κ2) is 3.80. The maximum absolute atomic E-state index is 3.58. The van der Waals surface area contributed by atoms with E-state index < -0.39 is 0 Å². The molecule has 0 aromatic heterocycles. The Morgan fingerprint density at radius 3 is 2.92 bits per heavy atom. The molecular weight excluding hydrogens is 188 g/mol. The zero-order valence-electron chi connectivity index (χ0n) is 7.93. The molecule has 0 bridgehead atoms. The van der Waals surface area contributed by atoms with Crippen LogP contribution in [-0.4, -0.2) is 19.8 Å². The molecule has 65 valence electrons. The van der Waals surface area contributed by atoms with Crippen molar-refractivity contribution in [3.05, 3.63) is 34.9 Å². The zero-order valence-corrected chi connectivity index (χ0v) is 9.93. The predicted octanol–water partition coefficient (Wildman–Crippen LogP) is 2.09. The molecule has 0 fully saturated rings. The fourth-order valence-electron chi connectivity index (χ4n) is 1.74.